The largest absolute Gasteiger partial charge is 0.496 e. The number of carbonyl (C=O) groups is 2. The average Bonchev–Trinajstić information content (AvgIpc) is 2.60. The second kappa shape index (κ2) is 7.91. The van der Waals surface area contributed by atoms with Crippen LogP contribution >= 0.6 is 0 Å². The van der Waals surface area contributed by atoms with Gasteiger partial charge < -0.3 is 4.74 Å². The van der Waals surface area contributed by atoms with Crippen molar-refractivity contribution in [1.82, 2.24) is 10.9 Å². The number of carbonyl (C=O) groups excluding carboxylic acids is 2. The van der Waals surface area contributed by atoms with E-state index in [1.165, 1.54) is 25.3 Å². The van der Waals surface area contributed by atoms with Crippen molar-refractivity contribution < 1.29 is 19.2 Å². The van der Waals surface area contributed by atoms with E-state index >= 15 is 0 Å². The Balaban J connectivity index is 1.98. The normalized spacial score (nSPS) is 10.0. The molecule has 2 aromatic carbocycles. The highest BCUT2D eigenvalue weighted by atomic mass is 16.6. The molecule has 0 unspecified atom stereocenters. The lowest BCUT2D eigenvalue weighted by atomic mass is 10.1. The maximum absolute atomic E-state index is 12.0. The van der Waals surface area contributed by atoms with Crippen LogP contribution in [0.25, 0.3) is 0 Å². The van der Waals surface area contributed by atoms with Crippen LogP contribution in [0.3, 0.4) is 0 Å². The lowest BCUT2D eigenvalue weighted by Gasteiger charge is -2.11. The molecule has 0 aliphatic carbocycles. The Labute approximate surface area is 143 Å². The van der Waals surface area contributed by atoms with E-state index in [0.29, 0.717) is 11.3 Å². The quantitative estimate of drug-likeness (QED) is 0.636. The number of benzene rings is 2. The number of hydrazine groups is 1. The summed E-state index contributed by atoms with van der Waals surface area (Å²) in [6.45, 7) is 1.89. The molecule has 0 fully saturated rings. The molecule has 0 saturated carbocycles. The van der Waals surface area contributed by atoms with Crippen LogP contribution < -0.4 is 15.6 Å². The molecule has 25 heavy (non-hydrogen) atoms. The van der Waals surface area contributed by atoms with E-state index in [1.807, 2.05) is 19.1 Å². The van der Waals surface area contributed by atoms with Crippen molar-refractivity contribution in [2.75, 3.05) is 7.11 Å². The first-order chi connectivity index (χ1) is 11.9. The molecule has 0 atom stereocenters. The number of hydrogen-bond acceptors (Lipinski definition) is 5. The molecule has 0 bridgehead atoms. The Morgan fingerprint density at radius 1 is 1.16 bits per heavy atom. The smallest absolute Gasteiger partial charge is 0.270 e. The summed E-state index contributed by atoms with van der Waals surface area (Å²) < 4.78 is 5.20. The monoisotopic (exact) mass is 343 g/mol. The molecule has 0 radical (unpaired) electrons. The minimum Gasteiger partial charge on any atom is -0.496 e. The van der Waals surface area contributed by atoms with Gasteiger partial charge in [-0.2, -0.15) is 0 Å². The van der Waals surface area contributed by atoms with Crippen LogP contribution in [-0.2, 0) is 11.2 Å². The molecular formula is C17H17N3O5. The van der Waals surface area contributed by atoms with Gasteiger partial charge in [0.1, 0.15) is 5.75 Å². The number of ether oxygens (including phenoxy) is 1. The van der Waals surface area contributed by atoms with Crippen molar-refractivity contribution in [3.8, 4) is 5.75 Å². The van der Waals surface area contributed by atoms with Crippen LogP contribution in [-0.4, -0.2) is 23.8 Å². The molecule has 2 N–H and O–H groups in total. The second-order valence-electron chi connectivity index (χ2n) is 5.30. The van der Waals surface area contributed by atoms with Gasteiger partial charge in [-0.3, -0.25) is 30.6 Å². The minimum absolute atomic E-state index is 0.0140. The van der Waals surface area contributed by atoms with Crippen LogP contribution in [0.5, 0.6) is 5.75 Å². The van der Waals surface area contributed by atoms with E-state index in [4.69, 9.17) is 4.74 Å². The molecule has 0 aliphatic rings. The molecule has 130 valence electrons. The third-order valence-electron chi connectivity index (χ3n) is 3.42. The van der Waals surface area contributed by atoms with Gasteiger partial charge in [-0.25, -0.2) is 0 Å². The van der Waals surface area contributed by atoms with Crippen LogP contribution in [0.15, 0.2) is 42.5 Å². The van der Waals surface area contributed by atoms with Gasteiger partial charge in [0, 0.05) is 23.3 Å². The maximum atomic E-state index is 12.0. The Hall–Kier alpha value is -3.42. The zero-order valence-corrected chi connectivity index (χ0v) is 13.7. The summed E-state index contributed by atoms with van der Waals surface area (Å²) in [5.74, 6) is -0.512. The first-order valence-electron chi connectivity index (χ1n) is 7.38. The predicted molar refractivity (Wildman–Crippen MR) is 90.1 cm³/mol. The third kappa shape index (κ3) is 4.77. The molecular weight excluding hydrogens is 326 g/mol. The zero-order valence-electron chi connectivity index (χ0n) is 13.7. The standard InChI is InChI=1S/C17H17N3O5/c1-11-6-7-15(25-2)13(8-11)10-16(21)18-19-17(22)12-4-3-5-14(9-12)20(23)24/h3-9H,10H2,1-2H3,(H,18,21)(H,19,22). The highest BCUT2D eigenvalue weighted by molar-refractivity contribution is 5.96. The first-order valence-corrected chi connectivity index (χ1v) is 7.38. The average molecular weight is 343 g/mol. The fraction of sp³-hybridized carbons (Fsp3) is 0.176. The summed E-state index contributed by atoms with van der Waals surface area (Å²) >= 11 is 0. The van der Waals surface area contributed by atoms with Crippen molar-refractivity contribution >= 4 is 17.5 Å². The number of nitro benzene ring substituents is 1. The number of rotatable bonds is 5. The van der Waals surface area contributed by atoms with E-state index in [1.54, 1.807) is 6.07 Å². The fourth-order valence-corrected chi connectivity index (χ4v) is 2.22. The van der Waals surface area contributed by atoms with Gasteiger partial charge in [0.2, 0.25) is 5.91 Å². The second-order valence-corrected chi connectivity index (χ2v) is 5.30. The highest BCUT2D eigenvalue weighted by Crippen LogP contribution is 2.20. The molecule has 0 spiro atoms. The number of non-ortho nitro benzene ring substituents is 1. The maximum Gasteiger partial charge on any atom is 0.270 e. The Kier molecular flexibility index (Phi) is 5.67. The van der Waals surface area contributed by atoms with Gasteiger partial charge in [-0.15, -0.1) is 0 Å². The number of nitro groups is 1. The minimum atomic E-state index is -0.645. The first kappa shape index (κ1) is 17.9. The van der Waals surface area contributed by atoms with Crippen LogP contribution in [0.4, 0.5) is 5.69 Å². The molecule has 0 heterocycles. The SMILES string of the molecule is COc1ccc(C)cc1CC(=O)NNC(=O)c1cccc([N+](=O)[O-])c1. The number of nitrogens with zero attached hydrogens (tertiary/aromatic N) is 1. The van der Waals surface area contributed by atoms with E-state index in [2.05, 4.69) is 10.9 Å². The van der Waals surface area contributed by atoms with Crippen LogP contribution in [0.2, 0.25) is 0 Å². The summed E-state index contributed by atoms with van der Waals surface area (Å²) in [5.41, 5.74) is 6.05. The van der Waals surface area contributed by atoms with E-state index in [-0.39, 0.29) is 17.7 Å². The number of amides is 2. The summed E-state index contributed by atoms with van der Waals surface area (Å²) in [6, 6.07) is 10.7. The Bertz CT molecular complexity index is 820. The van der Waals surface area contributed by atoms with Crippen molar-refractivity contribution in [3.05, 3.63) is 69.3 Å². The third-order valence-corrected chi connectivity index (χ3v) is 3.42. The van der Waals surface area contributed by atoms with E-state index < -0.39 is 16.7 Å². The van der Waals surface area contributed by atoms with Gasteiger partial charge in [0.25, 0.3) is 11.6 Å². The molecule has 0 saturated heterocycles. The van der Waals surface area contributed by atoms with Crippen molar-refractivity contribution in [3.63, 3.8) is 0 Å². The Morgan fingerprint density at radius 2 is 1.92 bits per heavy atom. The molecule has 8 heteroatoms. The summed E-state index contributed by atoms with van der Waals surface area (Å²) in [5, 5.41) is 10.7. The highest BCUT2D eigenvalue weighted by Gasteiger charge is 2.13. The zero-order chi connectivity index (χ0) is 18.4. The predicted octanol–water partition coefficient (Wildman–Crippen LogP) is 1.92. The van der Waals surface area contributed by atoms with Gasteiger partial charge in [0.15, 0.2) is 0 Å². The molecule has 0 aromatic heterocycles. The van der Waals surface area contributed by atoms with Gasteiger partial charge in [0.05, 0.1) is 18.5 Å². The van der Waals surface area contributed by atoms with Gasteiger partial charge in [-0.1, -0.05) is 23.8 Å². The van der Waals surface area contributed by atoms with Crippen LogP contribution in [0, 0.1) is 17.0 Å². The van der Waals surface area contributed by atoms with Gasteiger partial charge >= 0.3 is 0 Å². The van der Waals surface area contributed by atoms with E-state index in [9.17, 15) is 19.7 Å². The molecule has 2 amide bonds. The van der Waals surface area contributed by atoms with E-state index in [0.717, 1.165) is 11.6 Å². The lowest BCUT2D eigenvalue weighted by molar-refractivity contribution is -0.384. The lowest BCUT2D eigenvalue weighted by Crippen LogP contribution is -2.42. The Morgan fingerprint density at radius 3 is 2.60 bits per heavy atom. The number of hydrogen-bond donors (Lipinski definition) is 2. The topological polar surface area (TPSA) is 111 Å². The molecule has 8 nitrogen and oxygen atoms in total. The van der Waals surface area contributed by atoms with Crippen molar-refractivity contribution in [1.29, 1.82) is 0 Å². The van der Waals surface area contributed by atoms with Crippen molar-refractivity contribution in [2.45, 2.75) is 13.3 Å². The fourth-order valence-electron chi connectivity index (χ4n) is 2.22. The summed E-state index contributed by atoms with van der Waals surface area (Å²) in [4.78, 5) is 34.1. The number of nitrogens with one attached hydrogen (secondary N) is 2. The molecule has 2 aromatic rings. The molecule has 0 aliphatic heterocycles. The number of aryl methyl sites for hydroxylation is 1. The van der Waals surface area contributed by atoms with Gasteiger partial charge in [-0.05, 0) is 19.1 Å². The van der Waals surface area contributed by atoms with Crippen LogP contribution in [0.1, 0.15) is 21.5 Å². The summed E-state index contributed by atoms with van der Waals surface area (Å²) in [6.07, 6.45) is 0.0140. The molecule has 2 rings (SSSR count). The van der Waals surface area contributed by atoms with Crippen molar-refractivity contribution in [2.24, 2.45) is 0 Å². The summed E-state index contributed by atoms with van der Waals surface area (Å²) in [7, 11) is 1.51. The number of methoxy groups -OCH3 is 1.